The first-order valence-electron chi connectivity index (χ1n) is 9.50. The topological polar surface area (TPSA) is 106 Å². The Bertz CT molecular complexity index is 767. The van der Waals surface area contributed by atoms with E-state index in [1.165, 1.54) is 0 Å². The molecule has 1 atom stereocenters. The molecule has 8 nitrogen and oxygen atoms in total. The zero-order valence-corrected chi connectivity index (χ0v) is 15.2. The maximum atomic E-state index is 13.1. The standard InChI is InChI=1S/C19H24N4O4/c20-16(25)13-4-3-7-21-17(13)22-8-10-23(11-9-22)18(26)14-12-15(24)27-19(14)5-1-2-6-19/h3-4,7,14H,1-2,5-6,8-12H2,(H2,20,25). The van der Waals surface area contributed by atoms with Crippen molar-refractivity contribution in [2.75, 3.05) is 31.1 Å². The zero-order chi connectivity index (χ0) is 19.0. The monoisotopic (exact) mass is 372 g/mol. The molecule has 0 bridgehead atoms. The summed E-state index contributed by atoms with van der Waals surface area (Å²) in [5, 5.41) is 0. The van der Waals surface area contributed by atoms with Crippen LogP contribution in [0.4, 0.5) is 5.82 Å². The van der Waals surface area contributed by atoms with Gasteiger partial charge < -0.3 is 20.3 Å². The molecule has 1 spiro atoms. The quantitative estimate of drug-likeness (QED) is 0.783. The van der Waals surface area contributed by atoms with Crippen molar-refractivity contribution in [1.82, 2.24) is 9.88 Å². The van der Waals surface area contributed by atoms with Gasteiger partial charge in [-0.2, -0.15) is 0 Å². The van der Waals surface area contributed by atoms with E-state index >= 15 is 0 Å². The number of primary amides is 1. The Labute approximate surface area is 157 Å². The Kier molecular flexibility index (Phi) is 4.49. The highest BCUT2D eigenvalue weighted by Crippen LogP contribution is 2.46. The molecule has 1 saturated carbocycles. The molecular formula is C19H24N4O4. The first kappa shape index (κ1) is 17.8. The van der Waals surface area contributed by atoms with Gasteiger partial charge in [0, 0.05) is 32.4 Å². The minimum Gasteiger partial charge on any atom is -0.458 e. The van der Waals surface area contributed by atoms with Gasteiger partial charge in [0.2, 0.25) is 5.91 Å². The molecule has 3 aliphatic rings. The number of pyridine rings is 1. The van der Waals surface area contributed by atoms with Gasteiger partial charge in [-0.05, 0) is 37.8 Å². The number of hydrogen-bond donors (Lipinski definition) is 1. The molecule has 0 aromatic carbocycles. The number of anilines is 1. The number of piperazine rings is 1. The highest BCUT2D eigenvalue weighted by Gasteiger charge is 2.54. The fraction of sp³-hybridized carbons (Fsp3) is 0.579. The molecule has 1 aromatic heterocycles. The molecule has 2 saturated heterocycles. The maximum absolute atomic E-state index is 13.1. The number of carbonyl (C=O) groups excluding carboxylic acids is 3. The van der Waals surface area contributed by atoms with Crippen molar-refractivity contribution in [3.05, 3.63) is 23.9 Å². The molecule has 1 unspecified atom stereocenters. The molecular weight excluding hydrogens is 348 g/mol. The summed E-state index contributed by atoms with van der Waals surface area (Å²) in [5.41, 5.74) is 5.25. The number of esters is 1. The molecule has 4 rings (SSSR count). The predicted octanol–water partition coefficient (Wildman–Crippen LogP) is 0.705. The van der Waals surface area contributed by atoms with E-state index in [4.69, 9.17) is 10.5 Å². The van der Waals surface area contributed by atoms with Crippen molar-refractivity contribution in [2.24, 2.45) is 11.7 Å². The van der Waals surface area contributed by atoms with E-state index in [0.29, 0.717) is 37.6 Å². The van der Waals surface area contributed by atoms with Crippen molar-refractivity contribution in [3.63, 3.8) is 0 Å². The lowest BCUT2D eigenvalue weighted by atomic mass is 9.84. The van der Waals surface area contributed by atoms with Crippen LogP contribution in [0.3, 0.4) is 0 Å². The zero-order valence-electron chi connectivity index (χ0n) is 15.2. The van der Waals surface area contributed by atoms with Gasteiger partial charge in [-0.3, -0.25) is 14.4 Å². The molecule has 8 heteroatoms. The highest BCUT2D eigenvalue weighted by molar-refractivity contribution is 5.97. The van der Waals surface area contributed by atoms with Crippen molar-refractivity contribution in [2.45, 2.75) is 37.7 Å². The Hall–Kier alpha value is -2.64. The van der Waals surface area contributed by atoms with E-state index in [0.717, 1.165) is 25.7 Å². The van der Waals surface area contributed by atoms with Crippen LogP contribution in [-0.2, 0) is 14.3 Å². The van der Waals surface area contributed by atoms with E-state index in [-0.39, 0.29) is 24.2 Å². The van der Waals surface area contributed by atoms with Crippen LogP contribution < -0.4 is 10.6 Å². The van der Waals surface area contributed by atoms with Crippen molar-refractivity contribution < 1.29 is 19.1 Å². The smallest absolute Gasteiger partial charge is 0.307 e. The first-order valence-corrected chi connectivity index (χ1v) is 9.50. The van der Waals surface area contributed by atoms with E-state index in [1.54, 1.807) is 18.3 Å². The number of nitrogens with zero attached hydrogens (tertiary/aromatic N) is 3. The molecule has 3 heterocycles. The number of nitrogens with two attached hydrogens (primary N) is 1. The minimum absolute atomic E-state index is 0.0125. The Morgan fingerprint density at radius 3 is 2.56 bits per heavy atom. The molecule has 27 heavy (non-hydrogen) atoms. The summed E-state index contributed by atoms with van der Waals surface area (Å²) >= 11 is 0. The van der Waals surface area contributed by atoms with Gasteiger partial charge in [0.15, 0.2) is 0 Å². The van der Waals surface area contributed by atoms with Crippen molar-refractivity contribution in [1.29, 1.82) is 0 Å². The lowest BCUT2D eigenvalue weighted by Crippen LogP contribution is -2.53. The molecule has 0 radical (unpaired) electrons. The first-order chi connectivity index (χ1) is 13.0. The Morgan fingerprint density at radius 1 is 1.19 bits per heavy atom. The number of amides is 2. The summed E-state index contributed by atoms with van der Waals surface area (Å²) in [6.45, 7) is 2.18. The van der Waals surface area contributed by atoms with Gasteiger partial charge in [-0.1, -0.05) is 0 Å². The summed E-state index contributed by atoms with van der Waals surface area (Å²) in [6.07, 6.45) is 5.38. The summed E-state index contributed by atoms with van der Waals surface area (Å²) in [4.78, 5) is 44.7. The maximum Gasteiger partial charge on any atom is 0.307 e. The molecule has 2 N–H and O–H groups in total. The normalized spacial score (nSPS) is 24.3. The van der Waals surface area contributed by atoms with Crippen molar-refractivity contribution in [3.8, 4) is 0 Å². The van der Waals surface area contributed by atoms with Crippen LogP contribution in [0.5, 0.6) is 0 Å². The highest BCUT2D eigenvalue weighted by atomic mass is 16.6. The molecule has 1 aromatic rings. The predicted molar refractivity (Wildman–Crippen MR) is 96.9 cm³/mol. The molecule has 1 aliphatic carbocycles. The van der Waals surface area contributed by atoms with Crippen LogP contribution in [0.1, 0.15) is 42.5 Å². The number of hydrogen-bond acceptors (Lipinski definition) is 6. The van der Waals surface area contributed by atoms with Crippen LogP contribution in [0.15, 0.2) is 18.3 Å². The van der Waals surface area contributed by atoms with Gasteiger partial charge >= 0.3 is 5.97 Å². The van der Waals surface area contributed by atoms with Crippen LogP contribution in [0, 0.1) is 5.92 Å². The van der Waals surface area contributed by atoms with E-state index in [9.17, 15) is 14.4 Å². The van der Waals surface area contributed by atoms with Crippen LogP contribution in [-0.4, -0.2) is 59.4 Å². The lowest BCUT2D eigenvalue weighted by Gasteiger charge is -2.38. The number of rotatable bonds is 3. The van der Waals surface area contributed by atoms with E-state index in [1.807, 2.05) is 9.80 Å². The van der Waals surface area contributed by atoms with Crippen LogP contribution >= 0.6 is 0 Å². The number of ether oxygens (including phenoxy) is 1. The van der Waals surface area contributed by atoms with Gasteiger partial charge in [-0.15, -0.1) is 0 Å². The third-order valence-corrected chi connectivity index (χ3v) is 6.01. The fourth-order valence-electron chi connectivity index (χ4n) is 4.63. The van der Waals surface area contributed by atoms with Gasteiger partial charge in [0.25, 0.3) is 5.91 Å². The molecule has 2 amide bonds. The molecule has 2 aliphatic heterocycles. The van der Waals surface area contributed by atoms with Crippen LogP contribution in [0.2, 0.25) is 0 Å². The fourth-order valence-corrected chi connectivity index (χ4v) is 4.63. The third-order valence-electron chi connectivity index (χ3n) is 6.01. The van der Waals surface area contributed by atoms with Crippen LogP contribution in [0.25, 0.3) is 0 Å². The van der Waals surface area contributed by atoms with Crippen molar-refractivity contribution >= 4 is 23.6 Å². The van der Waals surface area contributed by atoms with E-state index in [2.05, 4.69) is 4.98 Å². The van der Waals surface area contributed by atoms with Gasteiger partial charge in [0.1, 0.15) is 11.4 Å². The average Bonchev–Trinajstić information content (AvgIpc) is 3.28. The largest absolute Gasteiger partial charge is 0.458 e. The van der Waals surface area contributed by atoms with Gasteiger partial charge in [-0.25, -0.2) is 4.98 Å². The second-order valence-electron chi connectivity index (χ2n) is 7.55. The second kappa shape index (κ2) is 6.83. The summed E-state index contributed by atoms with van der Waals surface area (Å²) < 4.78 is 5.61. The van der Waals surface area contributed by atoms with Gasteiger partial charge in [0.05, 0.1) is 17.9 Å². The number of aromatic nitrogens is 1. The summed E-state index contributed by atoms with van der Waals surface area (Å²) in [5.74, 6) is -0.563. The summed E-state index contributed by atoms with van der Waals surface area (Å²) in [6, 6.07) is 3.34. The number of carbonyl (C=O) groups is 3. The van der Waals surface area contributed by atoms with E-state index < -0.39 is 11.5 Å². The third kappa shape index (κ3) is 3.13. The lowest BCUT2D eigenvalue weighted by molar-refractivity contribution is -0.151. The second-order valence-corrected chi connectivity index (χ2v) is 7.55. The molecule has 3 fully saturated rings. The Balaban J connectivity index is 1.44. The Morgan fingerprint density at radius 2 is 1.89 bits per heavy atom. The molecule has 144 valence electrons. The SMILES string of the molecule is NC(=O)c1cccnc1N1CCN(C(=O)C2CC(=O)OC23CCCC3)CC1. The average molecular weight is 372 g/mol. The summed E-state index contributed by atoms with van der Waals surface area (Å²) in [7, 11) is 0. The minimum atomic E-state index is -0.578.